The summed E-state index contributed by atoms with van der Waals surface area (Å²) in [5.74, 6) is 0. The molecule has 10 nitrogen and oxygen atoms in total. The molecule has 1 saturated heterocycles. The fourth-order valence-electron chi connectivity index (χ4n) is 3.80. The second-order valence-corrected chi connectivity index (χ2v) is 9.82. The minimum atomic E-state index is -4.11. The topological polar surface area (TPSA) is 148 Å². The van der Waals surface area contributed by atoms with Gasteiger partial charge in [-0.15, -0.1) is 4.40 Å². The molecule has 0 radical (unpaired) electrons. The lowest BCUT2D eigenvalue weighted by Gasteiger charge is -2.41. The number of aliphatic hydroxyl groups is 3. The first-order chi connectivity index (χ1) is 16.7. The molecule has 0 amide bonds. The van der Waals surface area contributed by atoms with Crippen LogP contribution >= 0.6 is 0 Å². The Bertz CT molecular complexity index is 1320. The number of hydrogen-bond acceptors (Lipinski definition) is 9. The van der Waals surface area contributed by atoms with Gasteiger partial charge in [0.15, 0.2) is 6.29 Å². The number of ether oxygens (including phenoxy) is 3. The van der Waals surface area contributed by atoms with Crippen molar-refractivity contribution in [1.82, 2.24) is 0 Å². The molecule has 2 aromatic carbocycles. The van der Waals surface area contributed by atoms with E-state index in [4.69, 9.17) is 18.6 Å². The van der Waals surface area contributed by atoms with Gasteiger partial charge in [-0.3, -0.25) is 0 Å². The van der Waals surface area contributed by atoms with Gasteiger partial charge in [0.05, 0.1) is 18.1 Å². The van der Waals surface area contributed by atoms with Crippen molar-refractivity contribution >= 4 is 21.0 Å². The summed E-state index contributed by atoms with van der Waals surface area (Å²) < 4.78 is 51.9. The minimum absolute atomic E-state index is 0.00215. The van der Waals surface area contributed by atoms with Crippen LogP contribution in [0, 0.1) is 6.92 Å². The van der Waals surface area contributed by atoms with Gasteiger partial charge < -0.3 is 33.9 Å². The van der Waals surface area contributed by atoms with Crippen LogP contribution < -0.4 is 5.55 Å². The highest BCUT2D eigenvalue weighted by atomic mass is 32.2. The van der Waals surface area contributed by atoms with E-state index in [1.165, 1.54) is 19.2 Å². The molecule has 5 atom stereocenters. The van der Waals surface area contributed by atoms with E-state index in [9.17, 15) is 23.7 Å². The van der Waals surface area contributed by atoms with Crippen LogP contribution in [0.15, 0.2) is 68.3 Å². The number of hydrogen-bond donors (Lipinski definition) is 3. The maximum atomic E-state index is 13.0. The Morgan fingerprint density at radius 1 is 1.06 bits per heavy atom. The lowest BCUT2D eigenvalue weighted by Crippen LogP contribution is -2.59. The maximum absolute atomic E-state index is 13.0. The Morgan fingerprint density at radius 2 is 1.77 bits per heavy atom. The van der Waals surface area contributed by atoms with Crippen LogP contribution in [0.2, 0.25) is 0 Å². The van der Waals surface area contributed by atoms with Crippen molar-refractivity contribution < 1.29 is 42.4 Å². The third-order valence-electron chi connectivity index (χ3n) is 5.74. The highest BCUT2D eigenvalue weighted by Crippen LogP contribution is 2.25. The van der Waals surface area contributed by atoms with Crippen molar-refractivity contribution in [3.63, 3.8) is 0 Å². The molecule has 0 bridgehead atoms. The predicted molar refractivity (Wildman–Crippen MR) is 123 cm³/mol. The Balaban J connectivity index is 1.72. The van der Waals surface area contributed by atoms with Gasteiger partial charge in [-0.05, 0) is 31.2 Å². The number of para-hydroxylation sites is 1. The molecule has 4 rings (SSSR count). The number of aryl methyl sites for hydroxylation is 1. The van der Waals surface area contributed by atoms with Crippen LogP contribution in [-0.4, -0.2) is 68.2 Å². The molecule has 3 N–H and O–H groups in total. The minimum Gasteiger partial charge on any atom is -0.437 e. The summed E-state index contributed by atoms with van der Waals surface area (Å²) in [6.07, 6.45) is -6.10. The molecule has 0 unspecified atom stereocenters. The van der Waals surface area contributed by atoms with Gasteiger partial charge in [-0.25, -0.2) is 0 Å². The van der Waals surface area contributed by atoms with Gasteiger partial charge in [0.1, 0.15) is 30.0 Å². The average Bonchev–Trinajstić information content (AvgIpc) is 2.84. The maximum Gasteiger partial charge on any atom is 0.285 e. The molecule has 0 saturated carbocycles. The highest BCUT2D eigenvalue weighted by Gasteiger charge is 2.45. The molecule has 0 aliphatic carbocycles. The van der Waals surface area contributed by atoms with Crippen LogP contribution in [0.3, 0.4) is 0 Å². The summed E-state index contributed by atoms with van der Waals surface area (Å²) >= 11 is 0. The number of aliphatic hydroxyl groups excluding tert-OH is 3. The first-order valence-electron chi connectivity index (χ1n) is 10.9. The number of sulfonamides is 1. The molecule has 1 fully saturated rings. The zero-order chi connectivity index (χ0) is 25.2. The van der Waals surface area contributed by atoms with E-state index in [1.807, 2.05) is 6.92 Å². The first-order valence-corrected chi connectivity index (χ1v) is 12.3. The lowest BCUT2D eigenvalue weighted by atomic mass is 9.99. The molecule has 11 heteroatoms. The van der Waals surface area contributed by atoms with E-state index < -0.39 is 47.3 Å². The Hall–Kier alpha value is -2.64. The fourth-order valence-corrected chi connectivity index (χ4v) is 4.75. The van der Waals surface area contributed by atoms with E-state index in [0.29, 0.717) is 11.0 Å². The van der Waals surface area contributed by atoms with Crippen molar-refractivity contribution in [2.45, 2.75) is 49.1 Å². The molecular weight excluding hydrogens is 478 g/mol. The second kappa shape index (κ2) is 10.5. The van der Waals surface area contributed by atoms with Crippen LogP contribution in [0.4, 0.5) is 0 Å². The van der Waals surface area contributed by atoms with Gasteiger partial charge >= 0.3 is 0 Å². The molecule has 35 heavy (non-hydrogen) atoms. The molecule has 1 aromatic heterocycles. The molecular formula is C24H27NO9S. The molecule has 2 heterocycles. The molecule has 0 spiro atoms. The van der Waals surface area contributed by atoms with Crippen molar-refractivity contribution in [1.29, 1.82) is 0 Å². The largest absolute Gasteiger partial charge is 0.437 e. The van der Waals surface area contributed by atoms with E-state index in [2.05, 4.69) is 4.40 Å². The fraction of sp³-hybridized carbons (Fsp3) is 0.375. The summed E-state index contributed by atoms with van der Waals surface area (Å²) in [6, 6.07) is 14.9. The summed E-state index contributed by atoms with van der Waals surface area (Å²) in [6.45, 7) is 1.06. The summed E-state index contributed by atoms with van der Waals surface area (Å²) in [5.41, 5.74) is 1.40. The quantitative estimate of drug-likeness (QED) is 0.428. The highest BCUT2D eigenvalue weighted by molar-refractivity contribution is 7.90. The average molecular weight is 506 g/mol. The van der Waals surface area contributed by atoms with Crippen LogP contribution in [0.1, 0.15) is 11.1 Å². The standard InChI is InChI=1S/C24H27NO9S/c1-14-7-9-17(10-8-14)35(29,30)25-23-16(11-15-5-3-4-6-18(15)33-23)13-32-22-20(27)19(12-26)34-24(31-2)21(22)28/h3-11,19-22,24,26-28H,12-13H2,1-2H3/t19-,20+,21-,22+,24+/m1/s1. The van der Waals surface area contributed by atoms with Gasteiger partial charge in [-0.1, -0.05) is 35.9 Å². The number of rotatable bonds is 7. The molecule has 3 aromatic rings. The number of nitrogens with zero attached hydrogens (tertiary/aromatic N) is 1. The normalized spacial score (nSPS) is 25.7. The van der Waals surface area contributed by atoms with Gasteiger partial charge in [0, 0.05) is 18.1 Å². The SMILES string of the molecule is CO[C@H]1O[C@H](CO)[C@H](O)[C@H](OCc2cc3ccccc3oc2=NS(=O)(=O)c2ccc(C)cc2)[C@H]1O. The Morgan fingerprint density at radius 3 is 2.46 bits per heavy atom. The van der Waals surface area contributed by atoms with Crippen LogP contribution in [0.5, 0.6) is 0 Å². The summed E-state index contributed by atoms with van der Waals surface area (Å²) in [4.78, 5) is 0.00215. The molecule has 1 aliphatic heterocycles. The van der Waals surface area contributed by atoms with E-state index in [0.717, 1.165) is 5.56 Å². The molecule has 1 aliphatic rings. The first kappa shape index (κ1) is 25.5. The molecule has 188 valence electrons. The monoisotopic (exact) mass is 505 g/mol. The lowest BCUT2D eigenvalue weighted by molar-refractivity contribution is -0.303. The number of methoxy groups -OCH3 is 1. The Kier molecular flexibility index (Phi) is 7.67. The van der Waals surface area contributed by atoms with E-state index in [-0.39, 0.29) is 22.6 Å². The van der Waals surface area contributed by atoms with Crippen LogP contribution in [-0.2, 0) is 30.8 Å². The third kappa shape index (κ3) is 5.46. The van der Waals surface area contributed by atoms with Crippen LogP contribution in [0.25, 0.3) is 11.0 Å². The van der Waals surface area contributed by atoms with Crippen molar-refractivity contribution in [2.75, 3.05) is 13.7 Å². The predicted octanol–water partition coefficient (Wildman–Crippen LogP) is 1.00. The van der Waals surface area contributed by atoms with E-state index >= 15 is 0 Å². The number of benzene rings is 2. The Labute approximate surface area is 202 Å². The second-order valence-electron chi connectivity index (χ2n) is 8.21. The zero-order valence-corrected chi connectivity index (χ0v) is 20.0. The zero-order valence-electron chi connectivity index (χ0n) is 19.1. The van der Waals surface area contributed by atoms with Gasteiger partial charge in [0.2, 0.25) is 5.55 Å². The number of fused-ring (bicyclic) bond motifs is 1. The van der Waals surface area contributed by atoms with Gasteiger partial charge in [0.25, 0.3) is 10.0 Å². The van der Waals surface area contributed by atoms with Gasteiger partial charge in [-0.2, -0.15) is 8.42 Å². The van der Waals surface area contributed by atoms with Crippen molar-refractivity contribution in [3.05, 3.63) is 71.3 Å². The summed E-state index contributed by atoms with van der Waals surface area (Å²) in [7, 11) is -2.80. The third-order valence-corrected chi connectivity index (χ3v) is 7.01. The van der Waals surface area contributed by atoms with Crippen molar-refractivity contribution in [3.8, 4) is 0 Å². The summed E-state index contributed by atoms with van der Waals surface area (Å²) in [5, 5.41) is 31.2. The van der Waals surface area contributed by atoms with E-state index in [1.54, 1.807) is 42.5 Å². The smallest absolute Gasteiger partial charge is 0.285 e. The van der Waals surface area contributed by atoms with Crippen molar-refractivity contribution in [2.24, 2.45) is 4.40 Å².